The summed E-state index contributed by atoms with van der Waals surface area (Å²) in [5.41, 5.74) is 6.66. The first-order chi connectivity index (χ1) is 9.56. The van der Waals surface area contributed by atoms with Gasteiger partial charge in [0.05, 0.1) is 26.4 Å². The molecule has 106 valence electrons. The van der Waals surface area contributed by atoms with Crippen LogP contribution in [-0.2, 0) is 15.6 Å². The summed E-state index contributed by atoms with van der Waals surface area (Å²) in [5, 5.41) is 5.03. The molecule has 0 aliphatic carbocycles. The summed E-state index contributed by atoms with van der Waals surface area (Å²) < 4.78 is 12.7. The van der Waals surface area contributed by atoms with Crippen LogP contribution in [0.2, 0.25) is 5.02 Å². The molecule has 0 radical (unpaired) electrons. The van der Waals surface area contributed by atoms with Gasteiger partial charge in [-0.2, -0.15) is 0 Å². The van der Waals surface area contributed by atoms with Gasteiger partial charge in [-0.3, -0.25) is 9.00 Å². The van der Waals surface area contributed by atoms with Gasteiger partial charge in [-0.1, -0.05) is 17.7 Å². The largest absolute Gasteiger partial charge is 0.397 e. The molecule has 0 bridgehead atoms. The molecule has 20 heavy (non-hydrogen) atoms. The van der Waals surface area contributed by atoms with E-state index in [9.17, 15) is 9.00 Å². The fourth-order valence-electron chi connectivity index (χ4n) is 1.53. The highest BCUT2D eigenvalue weighted by molar-refractivity contribution is 7.87. The lowest BCUT2D eigenvalue weighted by atomic mass is 10.2. The minimum atomic E-state index is -1.14. The third kappa shape index (κ3) is 4.06. The van der Waals surface area contributed by atoms with Crippen molar-refractivity contribution >= 4 is 51.0 Å². The Balaban J connectivity index is 1.90. The predicted molar refractivity (Wildman–Crippen MR) is 84.7 cm³/mol. The lowest BCUT2D eigenvalue weighted by Crippen LogP contribution is -2.15. The Morgan fingerprint density at radius 3 is 2.90 bits per heavy atom. The Morgan fingerprint density at radius 2 is 2.20 bits per heavy atom. The quantitative estimate of drug-likeness (QED) is 0.828. The summed E-state index contributed by atoms with van der Waals surface area (Å²) in [4.78, 5) is 11.8. The lowest BCUT2D eigenvalue weighted by molar-refractivity contribution is -0.115. The molecule has 1 unspecified atom stereocenters. The van der Waals surface area contributed by atoms with E-state index in [-0.39, 0.29) is 18.1 Å². The van der Waals surface area contributed by atoms with Crippen molar-refractivity contribution in [1.82, 2.24) is 0 Å². The molecule has 0 saturated carbocycles. The molecule has 2 aromatic rings. The van der Waals surface area contributed by atoms with Gasteiger partial charge in [0.15, 0.2) is 0 Å². The Labute approximate surface area is 128 Å². The summed E-state index contributed by atoms with van der Waals surface area (Å²) in [6, 6.07) is 8.50. The van der Waals surface area contributed by atoms with Gasteiger partial charge in [0.1, 0.15) is 0 Å². The average Bonchev–Trinajstić information content (AvgIpc) is 2.94. The Kier molecular flexibility index (Phi) is 5.17. The number of hydrogen-bond donors (Lipinski definition) is 2. The minimum Gasteiger partial charge on any atom is -0.397 e. The van der Waals surface area contributed by atoms with Crippen LogP contribution in [0.3, 0.4) is 0 Å². The Bertz CT molecular complexity index is 629. The van der Waals surface area contributed by atoms with E-state index in [0.717, 1.165) is 4.21 Å². The smallest absolute Gasteiger partial charge is 0.225 e. The third-order valence-electron chi connectivity index (χ3n) is 2.52. The number of halogens is 1. The molecule has 7 heteroatoms. The van der Waals surface area contributed by atoms with Crippen molar-refractivity contribution in [3.8, 4) is 0 Å². The first-order valence-corrected chi connectivity index (χ1v) is 8.40. The highest BCUT2D eigenvalue weighted by atomic mass is 35.5. The first-order valence-electron chi connectivity index (χ1n) is 5.83. The first kappa shape index (κ1) is 15.0. The summed E-state index contributed by atoms with van der Waals surface area (Å²) >= 11 is 7.26. The Hall–Kier alpha value is -1.37. The van der Waals surface area contributed by atoms with E-state index in [0.29, 0.717) is 16.4 Å². The number of nitrogens with one attached hydrogen (secondary N) is 1. The molecule has 3 N–H and O–H groups in total. The second-order valence-electron chi connectivity index (χ2n) is 4.01. The van der Waals surface area contributed by atoms with E-state index >= 15 is 0 Å². The molecule has 0 saturated heterocycles. The molecule has 1 heterocycles. The zero-order valence-corrected chi connectivity index (χ0v) is 12.9. The summed E-state index contributed by atoms with van der Waals surface area (Å²) in [6.07, 6.45) is 0.163. The monoisotopic (exact) mass is 328 g/mol. The van der Waals surface area contributed by atoms with Gasteiger partial charge in [0.25, 0.3) is 0 Å². The molecule has 1 aromatic carbocycles. The van der Waals surface area contributed by atoms with Crippen LogP contribution < -0.4 is 11.1 Å². The maximum absolute atomic E-state index is 11.9. The van der Waals surface area contributed by atoms with E-state index in [1.807, 2.05) is 11.4 Å². The molecular weight excluding hydrogens is 316 g/mol. The second-order valence-corrected chi connectivity index (χ2v) is 7.19. The van der Waals surface area contributed by atoms with Gasteiger partial charge in [-0.15, -0.1) is 11.3 Å². The molecule has 0 aliphatic heterocycles. The summed E-state index contributed by atoms with van der Waals surface area (Å²) in [6.45, 7) is 0. The minimum absolute atomic E-state index is 0.163. The van der Waals surface area contributed by atoms with Crippen molar-refractivity contribution in [2.24, 2.45) is 0 Å². The van der Waals surface area contributed by atoms with Crippen molar-refractivity contribution in [2.45, 2.75) is 10.6 Å². The van der Waals surface area contributed by atoms with Crippen LogP contribution in [0.15, 0.2) is 39.9 Å². The third-order valence-corrected chi connectivity index (χ3v) is 5.43. The van der Waals surface area contributed by atoms with Crippen molar-refractivity contribution in [2.75, 3.05) is 16.8 Å². The maximum Gasteiger partial charge on any atom is 0.225 e. The number of carbonyl (C=O) groups excluding carboxylic acids is 1. The highest BCUT2D eigenvalue weighted by Gasteiger charge is 2.10. The van der Waals surface area contributed by atoms with Gasteiger partial charge in [-0.05, 0) is 29.6 Å². The summed E-state index contributed by atoms with van der Waals surface area (Å²) in [5.74, 6) is 0.0520. The molecule has 0 spiro atoms. The highest BCUT2D eigenvalue weighted by Crippen LogP contribution is 2.23. The number of anilines is 2. The van der Waals surface area contributed by atoms with Crippen LogP contribution in [-0.4, -0.2) is 15.9 Å². The number of carbonyl (C=O) groups is 1. The van der Waals surface area contributed by atoms with Crippen molar-refractivity contribution < 1.29 is 9.00 Å². The number of amides is 1. The van der Waals surface area contributed by atoms with Crippen LogP contribution in [0.1, 0.15) is 6.42 Å². The SMILES string of the molecule is Nc1ccc(Cl)cc1NC(=O)CCS(=O)c1cccs1. The van der Waals surface area contributed by atoms with Crippen LogP contribution >= 0.6 is 22.9 Å². The fraction of sp³-hybridized carbons (Fsp3) is 0.154. The molecule has 0 aliphatic rings. The fourth-order valence-corrected chi connectivity index (χ4v) is 3.80. The number of nitrogens with two attached hydrogens (primary N) is 1. The predicted octanol–water partition coefficient (Wildman–Crippen LogP) is 3.12. The zero-order valence-electron chi connectivity index (χ0n) is 10.5. The van der Waals surface area contributed by atoms with E-state index in [2.05, 4.69) is 5.32 Å². The van der Waals surface area contributed by atoms with Crippen LogP contribution in [0.5, 0.6) is 0 Å². The van der Waals surface area contributed by atoms with Gasteiger partial charge in [0, 0.05) is 17.2 Å². The van der Waals surface area contributed by atoms with Crippen molar-refractivity contribution in [3.63, 3.8) is 0 Å². The lowest BCUT2D eigenvalue weighted by Gasteiger charge is -2.08. The van der Waals surface area contributed by atoms with Gasteiger partial charge in [0.2, 0.25) is 5.91 Å². The summed E-state index contributed by atoms with van der Waals surface area (Å²) in [7, 11) is -1.14. The molecule has 4 nitrogen and oxygen atoms in total. The molecule has 1 amide bonds. The maximum atomic E-state index is 11.9. The van der Waals surface area contributed by atoms with Gasteiger partial charge >= 0.3 is 0 Å². The average molecular weight is 329 g/mol. The number of benzene rings is 1. The number of thiophene rings is 1. The molecular formula is C13H13ClN2O2S2. The number of rotatable bonds is 5. The van der Waals surface area contributed by atoms with E-state index < -0.39 is 10.8 Å². The van der Waals surface area contributed by atoms with E-state index in [4.69, 9.17) is 17.3 Å². The van der Waals surface area contributed by atoms with Crippen LogP contribution in [0, 0.1) is 0 Å². The molecule has 2 rings (SSSR count). The van der Waals surface area contributed by atoms with Crippen LogP contribution in [0.25, 0.3) is 0 Å². The normalized spacial score (nSPS) is 12.1. The van der Waals surface area contributed by atoms with Crippen LogP contribution in [0.4, 0.5) is 11.4 Å². The molecule has 0 fully saturated rings. The molecule has 1 aromatic heterocycles. The van der Waals surface area contributed by atoms with Gasteiger partial charge < -0.3 is 11.1 Å². The molecule has 1 atom stereocenters. The zero-order chi connectivity index (χ0) is 14.5. The number of hydrogen-bond acceptors (Lipinski definition) is 4. The second kappa shape index (κ2) is 6.88. The number of nitrogen functional groups attached to an aromatic ring is 1. The topological polar surface area (TPSA) is 72.2 Å². The van der Waals surface area contributed by atoms with E-state index in [1.165, 1.54) is 11.3 Å². The van der Waals surface area contributed by atoms with Gasteiger partial charge in [-0.25, -0.2) is 0 Å². The van der Waals surface area contributed by atoms with E-state index in [1.54, 1.807) is 24.3 Å². The Morgan fingerprint density at radius 1 is 1.40 bits per heavy atom. The van der Waals surface area contributed by atoms with Crippen molar-refractivity contribution in [3.05, 3.63) is 40.7 Å². The van der Waals surface area contributed by atoms with Crippen molar-refractivity contribution in [1.29, 1.82) is 0 Å². The standard InChI is InChI=1S/C13H13ClN2O2S2/c14-9-3-4-10(15)11(8-9)16-12(17)5-7-20(18)13-2-1-6-19-13/h1-4,6,8H,5,7,15H2,(H,16,17).